The Labute approximate surface area is 163 Å². The lowest BCUT2D eigenvalue weighted by molar-refractivity contribution is -0.0286. The molecule has 2 aromatic rings. The fourth-order valence-electron chi connectivity index (χ4n) is 3.40. The van der Waals surface area contributed by atoms with E-state index in [0.29, 0.717) is 22.3 Å². The number of hydrogen-bond donors (Lipinski definition) is 3. The first-order valence-corrected chi connectivity index (χ1v) is 10.1. The number of aliphatic hydroxyl groups is 2. The highest BCUT2D eigenvalue weighted by molar-refractivity contribution is 9.09. The number of hydrazine groups is 1. The van der Waals surface area contributed by atoms with Gasteiger partial charge in [-0.2, -0.15) is 9.97 Å². The van der Waals surface area contributed by atoms with Gasteiger partial charge in [0.1, 0.15) is 12.2 Å². The Bertz CT molecular complexity index is 786. The van der Waals surface area contributed by atoms with Crippen molar-refractivity contribution >= 4 is 44.5 Å². The standard InChI is InChI=1S/C15H20BrClN6O3/c16-6-8-10(24)11(25)14(26-8)23-7-18-9-12(19-15(17)20-13(9)23)21-22-4-2-1-3-5-22/h7-8,10-11,14,24-25H,1-6H2,(H,19,20,21)/t8-,10-,11-,14-/m1/s1. The normalized spacial score (nSPS) is 30.2. The van der Waals surface area contributed by atoms with Gasteiger partial charge < -0.3 is 20.4 Å². The van der Waals surface area contributed by atoms with Crippen molar-refractivity contribution in [2.45, 2.75) is 43.8 Å². The van der Waals surface area contributed by atoms with Crippen LogP contribution in [0.3, 0.4) is 0 Å². The highest BCUT2D eigenvalue weighted by Crippen LogP contribution is 2.33. The van der Waals surface area contributed by atoms with Gasteiger partial charge in [-0.25, -0.2) is 9.99 Å². The van der Waals surface area contributed by atoms with Crippen LogP contribution in [0.1, 0.15) is 25.5 Å². The van der Waals surface area contributed by atoms with Gasteiger partial charge in [-0.05, 0) is 24.4 Å². The lowest BCUT2D eigenvalue weighted by Gasteiger charge is -2.27. The van der Waals surface area contributed by atoms with Crippen molar-refractivity contribution in [3.63, 3.8) is 0 Å². The van der Waals surface area contributed by atoms with Crippen LogP contribution < -0.4 is 5.43 Å². The Morgan fingerprint density at radius 2 is 2.00 bits per heavy atom. The predicted octanol–water partition coefficient (Wildman–Crippen LogP) is 1.31. The third-order valence-corrected chi connectivity index (χ3v) is 5.58. The van der Waals surface area contributed by atoms with E-state index in [2.05, 4.69) is 41.3 Å². The number of alkyl halides is 1. The second-order valence-electron chi connectivity index (χ2n) is 6.53. The fourth-order valence-corrected chi connectivity index (χ4v) is 4.10. The summed E-state index contributed by atoms with van der Waals surface area (Å²) in [6.07, 6.45) is 1.58. The lowest BCUT2D eigenvalue weighted by Crippen LogP contribution is -2.35. The van der Waals surface area contributed by atoms with Gasteiger partial charge in [0.2, 0.25) is 5.28 Å². The van der Waals surface area contributed by atoms with Crippen LogP contribution in [-0.2, 0) is 4.74 Å². The van der Waals surface area contributed by atoms with Crippen LogP contribution in [0.2, 0.25) is 5.28 Å². The van der Waals surface area contributed by atoms with Crippen molar-refractivity contribution in [1.82, 2.24) is 24.5 Å². The molecule has 4 rings (SSSR count). The van der Waals surface area contributed by atoms with Crippen LogP contribution in [0.15, 0.2) is 6.33 Å². The first-order valence-electron chi connectivity index (χ1n) is 8.57. The molecule has 2 aliphatic rings. The molecule has 0 spiro atoms. The fraction of sp³-hybridized carbons (Fsp3) is 0.667. The van der Waals surface area contributed by atoms with Crippen LogP contribution in [0, 0.1) is 0 Å². The minimum Gasteiger partial charge on any atom is -0.387 e. The van der Waals surface area contributed by atoms with E-state index in [0.717, 1.165) is 25.9 Å². The number of hydrogen-bond acceptors (Lipinski definition) is 8. The molecule has 9 nitrogen and oxygen atoms in total. The molecule has 0 aliphatic carbocycles. The molecular formula is C15H20BrClN6O3. The van der Waals surface area contributed by atoms with E-state index >= 15 is 0 Å². The number of aliphatic hydroxyl groups excluding tert-OH is 2. The van der Waals surface area contributed by atoms with E-state index in [-0.39, 0.29) is 5.28 Å². The summed E-state index contributed by atoms with van der Waals surface area (Å²) in [5.41, 5.74) is 4.25. The molecule has 0 amide bonds. The monoisotopic (exact) mass is 446 g/mol. The van der Waals surface area contributed by atoms with Crippen LogP contribution in [0.5, 0.6) is 0 Å². The van der Waals surface area contributed by atoms with Crippen molar-refractivity contribution in [2.24, 2.45) is 0 Å². The van der Waals surface area contributed by atoms with Crippen molar-refractivity contribution in [1.29, 1.82) is 0 Å². The molecule has 2 saturated heterocycles. The zero-order chi connectivity index (χ0) is 18.3. The second kappa shape index (κ2) is 7.53. The van der Waals surface area contributed by atoms with E-state index in [1.54, 1.807) is 4.57 Å². The molecule has 0 saturated carbocycles. The maximum absolute atomic E-state index is 10.3. The Morgan fingerprint density at radius 3 is 2.69 bits per heavy atom. The number of nitrogens with one attached hydrogen (secondary N) is 1. The number of fused-ring (bicyclic) bond motifs is 1. The second-order valence-corrected chi connectivity index (χ2v) is 7.51. The quantitative estimate of drug-likeness (QED) is 0.475. The number of aromatic nitrogens is 4. The molecule has 2 aromatic heterocycles. The lowest BCUT2D eigenvalue weighted by atomic mass is 10.1. The number of anilines is 1. The highest BCUT2D eigenvalue weighted by Gasteiger charge is 2.43. The number of rotatable bonds is 4. The molecule has 11 heteroatoms. The summed E-state index contributed by atoms with van der Waals surface area (Å²) in [5.74, 6) is 0.519. The summed E-state index contributed by atoms with van der Waals surface area (Å²) in [4.78, 5) is 12.9. The molecule has 2 aliphatic heterocycles. The molecule has 4 atom stereocenters. The molecule has 0 aromatic carbocycles. The molecule has 0 radical (unpaired) electrons. The smallest absolute Gasteiger partial charge is 0.226 e. The van der Waals surface area contributed by atoms with Crippen molar-refractivity contribution in [2.75, 3.05) is 23.8 Å². The number of ether oxygens (including phenoxy) is 1. The van der Waals surface area contributed by atoms with Gasteiger partial charge in [0.25, 0.3) is 0 Å². The van der Waals surface area contributed by atoms with Gasteiger partial charge >= 0.3 is 0 Å². The van der Waals surface area contributed by atoms with E-state index in [1.165, 1.54) is 12.7 Å². The molecular weight excluding hydrogens is 428 g/mol. The average molecular weight is 448 g/mol. The molecule has 0 unspecified atom stereocenters. The van der Waals surface area contributed by atoms with Crippen LogP contribution >= 0.6 is 27.5 Å². The van der Waals surface area contributed by atoms with Gasteiger partial charge in [0.15, 0.2) is 23.2 Å². The topological polar surface area (TPSA) is 109 Å². The number of nitrogens with zero attached hydrogens (tertiary/aromatic N) is 5. The van der Waals surface area contributed by atoms with Gasteiger partial charge in [0.05, 0.1) is 12.4 Å². The van der Waals surface area contributed by atoms with Gasteiger partial charge in [-0.1, -0.05) is 22.4 Å². The van der Waals surface area contributed by atoms with E-state index in [9.17, 15) is 10.2 Å². The molecule has 142 valence electrons. The maximum atomic E-state index is 10.3. The van der Waals surface area contributed by atoms with Crippen LogP contribution in [0.4, 0.5) is 5.82 Å². The van der Waals surface area contributed by atoms with E-state index in [4.69, 9.17) is 16.3 Å². The van der Waals surface area contributed by atoms with Gasteiger partial charge in [0, 0.05) is 18.4 Å². The van der Waals surface area contributed by atoms with Gasteiger partial charge in [-0.15, -0.1) is 0 Å². The summed E-state index contributed by atoms with van der Waals surface area (Å²) in [5, 5.41) is 23.0. The van der Waals surface area contributed by atoms with Crippen molar-refractivity contribution < 1.29 is 14.9 Å². The summed E-state index contributed by atoms with van der Waals surface area (Å²) in [6, 6.07) is 0. The minimum atomic E-state index is -1.10. The van der Waals surface area contributed by atoms with Crippen LogP contribution in [0.25, 0.3) is 11.2 Å². The summed E-state index contributed by atoms with van der Waals surface area (Å²) in [6.45, 7) is 1.85. The first-order chi connectivity index (χ1) is 12.6. The van der Waals surface area contributed by atoms with E-state index in [1.807, 2.05) is 0 Å². The number of halogens is 2. The Morgan fingerprint density at radius 1 is 1.23 bits per heavy atom. The SMILES string of the molecule is O[C@@H]1[C@H](O)[C@@H](CBr)O[C@H]1n1cnc2c(NN3CCCCC3)nc(Cl)nc21. The highest BCUT2D eigenvalue weighted by atomic mass is 79.9. The Balaban J connectivity index is 1.67. The first kappa shape index (κ1) is 18.3. The summed E-state index contributed by atoms with van der Waals surface area (Å²) >= 11 is 9.40. The molecule has 0 bridgehead atoms. The molecule has 4 heterocycles. The zero-order valence-electron chi connectivity index (χ0n) is 13.9. The number of piperidine rings is 1. The molecule has 2 fully saturated rings. The Kier molecular flexibility index (Phi) is 5.31. The third-order valence-electron chi connectivity index (χ3n) is 4.78. The number of imidazole rings is 1. The third kappa shape index (κ3) is 3.30. The van der Waals surface area contributed by atoms with Crippen LogP contribution in [-0.4, -0.2) is 71.5 Å². The van der Waals surface area contributed by atoms with Crippen molar-refractivity contribution in [3.05, 3.63) is 11.6 Å². The average Bonchev–Trinajstić information content (AvgIpc) is 3.17. The molecule has 26 heavy (non-hydrogen) atoms. The maximum Gasteiger partial charge on any atom is 0.226 e. The van der Waals surface area contributed by atoms with E-state index < -0.39 is 24.5 Å². The summed E-state index contributed by atoms with van der Waals surface area (Å²) < 4.78 is 7.34. The Hall–Kier alpha value is -1.04. The minimum absolute atomic E-state index is 0.0730. The zero-order valence-corrected chi connectivity index (χ0v) is 16.3. The largest absolute Gasteiger partial charge is 0.387 e. The summed E-state index contributed by atoms with van der Waals surface area (Å²) in [7, 11) is 0. The van der Waals surface area contributed by atoms with Crippen molar-refractivity contribution in [3.8, 4) is 0 Å². The molecule has 3 N–H and O–H groups in total. The van der Waals surface area contributed by atoms with Gasteiger partial charge in [-0.3, -0.25) is 4.57 Å². The predicted molar refractivity (Wildman–Crippen MR) is 99.1 cm³/mol.